The van der Waals surface area contributed by atoms with Gasteiger partial charge in [0.05, 0.1) is 0 Å². The number of nitrogens with one attached hydrogen (secondary N) is 1. The third kappa shape index (κ3) is 1.73. The summed E-state index contributed by atoms with van der Waals surface area (Å²) in [5, 5.41) is 1.47. The summed E-state index contributed by atoms with van der Waals surface area (Å²) < 4.78 is 0. The van der Waals surface area contributed by atoms with Crippen LogP contribution < -0.4 is 5.73 Å². The van der Waals surface area contributed by atoms with Crippen molar-refractivity contribution in [3.8, 4) is 0 Å². The molecule has 2 heterocycles. The first-order valence-electron chi connectivity index (χ1n) is 7.86. The van der Waals surface area contributed by atoms with Gasteiger partial charge in [0.15, 0.2) is 0 Å². The lowest BCUT2D eigenvalue weighted by Crippen LogP contribution is -2.54. The van der Waals surface area contributed by atoms with Crippen LogP contribution in [0.4, 0.5) is 0 Å². The van der Waals surface area contributed by atoms with E-state index in [0.717, 1.165) is 13.0 Å². The van der Waals surface area contributed by atoms with Crippen molar-refractivity contribution in [3.63, 3.8) is 0 Å². The summed E-state index contributed by atoms with van der Waals surface area (Å²) >= 11 is 0. The van der Waals surface area contributed by atoms with Gasteiger partial charge >= 0.3 is 0 Å². The topological polar surface area (TPSA) is 45.0 Å². The molecule has 1 aliphatic heterocycles. The fourth-order valence-corrected chi connectivity index (χ4v) is 4.38. The molecule has 3 atom stereocenters. The number of nitrogens with two attached hydrogens (primary N) is 1. The van der Waals surface area contributed by atoms with Crippen LogP contribution in [0, 0.1) is 0 Å². The number of benzene rings is 1. The van der Waals surface area contributed by atoms with Gasteiger partial charge in [0.25, 0.3) is 0 Å². The Morgan fingerprint density at radius 3 is 3.15 bits per heavy atom. The van der Waals surface area contributed by atoms with Crippen LogP contribution in [-0.2, 0) is 6.42 Å². The minimum absolute atomic E-state index is 0.318. The van der Waals surface area contributed by atoms with Gasteiger partial charge in [-0.2, -0.15) is 0 Å². The highest BCUT2D eigenvalue weighted by atomic mass is 15.2. The zero-order valence-corrected chi connectivity index (χ0v) is 12.1. The van der Waals surface area contributed by atoms with E-state index >= 15 is 0 Å². The number of aromatic nitrogens is 1. The number of piperidine rings is 1. The number of fused-ring (bicyclic) bond motifs is 2. The van der Waals surface area contributed by atoms with Gasteiger partial charge in [-0.1, -0.05) is 19.1 Å². The predicted octanol–water partition coefficient (Wildman–Crippen LogP) is 2.62. The molecule has 1 aromatic heterocycles. The van der Waals surface area contributed by atoms with Gasteiger partial charge in [0.2, 0.25) is 0 Å². The molecule has 1 saturated heterocycles. The van der Waals surface area contributed by atoms with E-state index in [1.54, 1.807) is 0 Å². The summed E-state index contributed by atoms with van der Waals surface area (Å²) in [6.07, 6.45) is 5.73. The highest BCUT2D eigenvalue weighted by Gasteiger charge is 2.39. The van der Waals surface area contributed by atoms with Crippen LogP contribution in [0.5, 0.6) is 0 Å². The van der Waals surface area contributed by atoms with E-state index in [-0.39, 0.29) is 0 Å². The van der Waals surface area contributed by atoms with Crippen LogP contribution in [-0.4, -0.2) is 35.1 Å². The second-order valence-corrected chi connectivity index (χ2v) is 6.45. The van der Waals surface area contributed by atoms with Crippen LogP contribution in [0.25, 0.3) is 10.9 Å². The maximum atomic E-state index is 6.34. The predicted molar refractivity (Wildman–Crippen MR) is 83.0 cm³/mol. The fourth-order valence-electron chi connectivity index (χ4n) is 4.38. The number of H-pyrrole nitrogens is 1. The first kappa shape index (κ1) is 12.4. The number of aromatic amines is 1. The van der Waals surface area contributed by atoms with Gasteiger partial charge < -0.3 is 10.7 Å². The Morgan fingerprint density at radius 1 is 1.40 bits per heavy atom. The molecule has 2 aliphatic rings. The Hall–Kier alpha value is -1.32. The molecule has 0 spiro atoms. The number of rotatable bonds is 2. The SMILES string of the molecule is CCCN1CC(N)C[C@@H]2c3cccc4[nH]cc(c34)C[C@H]21. The van der Waals surface area contributed by atoms with Crippen molar-refractivity contribution in [2.45, 2.75) is 44.2 Å². The molecule has 0 bridgehead atoms. The van der Waals surface area contributed by atoms with Crippen LogP contribution in [0.15, 0.2) is 24.4 Å². The summed E-state index contributed by atoms with van der Waals surface area (Å²) in [7, 11) is 0. The number of nitrogens with zero attached hydrogens (tertiary/aromatic N) is 1. The van der Waals surface area contributed by atoms with E-state index in [1.165, 1.54) is 41.4 Å². The fraction of sp³-hybridized carbons (Fsp3) is 0.529. The summed E-state index contributed by atoms with van der Waals surface area (Å²) in [4.78, 5) is 6.07. The Kier molecular flexibility index (Phi) is 2.86. The summed E-state index contributed by atoms with van der Waals surface area (Å²) in [5.41, 5.74) is 10.6. The maximum Gasteiger partial charge on any atom is 0.0459 e. The van der Waals surface area contributed by atoms with Crippen molar-refractivity contribution in [2.24, 2.45) is 5.73 Å². The van der Waals surface area contributed by atoms with Gasteiger partial charge in [0, 0.05) is 41.6 Å². The molecule has 0 amide bonds. The molecular formula is C17H23N3. The molecule has 3 nitrogen and oxygen atoms in total. The van der Waals surface area contributed by atoms with E-state index in [4.69, 9.17) is 5.73 Å². The molecule has 1 fully saturated rings. The van der Waals surface area contributed by atoms with Crippen LogP contribution in [0.1, 0.15) is 36.8 Å². The lowest BCUT2D eigenvalue weighted by Gasteiger charge is -2.46. The Morgan fingerprint density at radius 2 is 2.30 bits per heavy atom. The van der Waals surface area contributed by atoms with Gasteiger partial charge in [0.1, 0.15) is 0 Å². The van der Waals surface area contributed by atoms with Crippen LogP contribution >= 0.6 is 0 Å². The van der Waals surface area contributed by atoms with Crippen molar-refractivity contribution < 1.29 is 0 Å². The third-order valence-electron chi connectivity index (χ3n) is 5.12. The molecule has 1 aliphatic carbocycles. The Balaban J connectivity index is 1.82. The molecule has 3 heteroatoms. The monoisotopic (exact) mass is 269 g/mol. The second-order valence-electron chi connectivity index (χ2n) is 6.45. The van der Waals surface area contributed by atoms with Gasteiger partial charge in [-0.25, -0.2) is 0 Å². The van der Waals surface area contributed by atoms with Crippen LogP contribution in [0.2, 0.25) is 0 Å². The minimum atomic E-state index is 0.318. The standard InChI is InChI=1S/C17H23N3/c1-2-6-20-10-12(18)8-14-13-4-3-5-15-17(13)11(9-19-15)7-16(14)20/h3-5,9,12,14,16,19H,2,6-8,10,18H2,1H3/t12?,14-,16-/m1/s1. The Labute approximate surface area is 120 Å². The minimum Gasteiger partial charge on any atom is -0.361 e. The molecule has 1 unspecified atom stereocenters. The van der Waals surface area contributed by atoms with Crippen molar-refractivity contribution >= 4 is 10.9 Å². The lowest BCUT2D eigenvalue weighted by atomic mass is 9.74. The molecule has 20 heavy (non-hydrogen) atoms. The molecule has 1 aromatic carbocycles. The normalized spacial score (nSPS) is 29.6. The highest BCUT2D eigenvalue weighted by Crippen LogP contribution is 2.43. The molecule has 3 N–H and O–H groups in total. The van der Waals surface area contributed by atoms with Gasteiger partial charge in [-0.3, -0.25) is 4.90 Å². The van der Waals surface area contributed by atoms with Gasteiger partial charge in [-0.05, 0) is 43.0 Å². The van der Waals surface area contributed by atoms with Crippen LogP contribution in [0.3, 0.4) is 0 Å². The average molecular weight is 269 g/mol. The van der Waals surface area contributed by atoms with Crippen molar-refractivity contribution in [1.29, 1.82) is 0 Å². The third-order valence-corrected chi connectivity index (χ3v) is 5.12. The number of hydrogen-bond acceptors (Lipinski definition) is 2. The average Bonchev–Trinajstić information content (AvgIpc) is 2.85. The zero-order valence-electron chi connectivity index (χ0n) is 12.1. The van der Waals surface area contributed by atoms with E-state index < -0.39 is 0 Å². The summed E-state index contributed by atoms with van der Waals surface area (Å²) in [5.74, 6) is 0.609. The first-order chi connectivity index (χ1) is 9.78. The van der Waals surface area contributed by atoms with E-state index in [0.29, 0.717) is 18.0 Å². The van der Waals surface area contributed by atoms with Crippen molar-refractivity contribution in [3.05, 3.63) is 35.5 Å². The molecular weight excluding hydrogens is 246 g/mol. The second kappa shape index (κ2) is 4.61. The van der Waals surface area contributed by atoms with E-state index in [1.807, 2.05) is 0 Å². The summed E-state index contributed by atoms with van der Waals surface area (Å²) in [6, 6.07) is 7.65. The van der Waals surface area contributed by atoms with Gasteiger partial charge in [-0.15, -0.1) is 0 Å². The van der Waals surface area contributed by atoms with Crippen molar-refractivity contribution in [2.75, 3.05) is 13.1 Å². The van der Waals surface area contributed by atoms with E-state index in [2.05, 4.69) is 41.2 Å². The largest absolute Gasteiger partial charge is 0.361 e. The molecule has 2 aromatic rings. The zero-order chi connectivity index (χ0) is 13.7. The number of hydrogen-bond donors (Lipinski definition) is 2. The van der Waals surface area contributed by atoms with E-state index in [9.17, 15) is 0 Å². The van der Waals surface area contributed by atoms with Crippen molar-refractivity contribution in [1.82, 2.24) is 9.88 Å². The smallest absolute Gasteiger partial charge is 0.0459 e. The Bertz CT molecular complexity index is 630. The maximum absolute atomic E-state index is 6.34. The molecule has 0 radical (unpaired) electrons. The summed E-state index contributed by atoms with van der Waals surface area (Å²) in [6.45, 7) is 4.50. The molecule has 0 saturated carbocycles. The molecule has 106 valence electrons. The number of likely N-dealkylation sites (tertiary alicyclic amines) is 1. The quantitative estimate of drug-likeness (QED) is 0.880. The highest BCUT2D eigenvalue weighted by molar-refractivity contribution is 5.88. The lowest BCUT2D eigenvalue weighted by molar-refractivity contribution is 0.110. The molecule has 4 rings (SSSR count). The first-order valence-corrected chi connectivity index (χ1v) is 7.86.